The van der Waals surface area contributed by atoms with Crippen LogP contribution in [0.1, 0.15) is 12.5 Å². The Labute approximate surface area is 100 Å². The average molecular weight is 229 g/mol. The third-order valence-corrected chi connectivity index (χ3v) is 2.48. The maximum Gasteiger partial charge on any atom is 0.246 e. The number of hydrogen-bond donors (Lipinski definition) is 1. The minimum Gasteiger partial charge on any atom is -0.324 e. The number of amides is 1. The second kappa shape index (κ2) is 5.30. The second-order valence-electron chi connectivity index (χ2n) is 3.81. The molecule has 0 radical (unpaired) electrons. The van der Waals surface area contributed by atoms with Crippen molar-refractivity contribution in [1.82, 2.24) is 9.78 Å². The van der Waals surface area contributed by atoms with Gasteiger partial charge < -0.3 is 5.32 Å². The van der Waals surface area contributed by atoms with Crippen LogP contribution in [0.25, 0.3) is 0 Å². The lowest BCUT2D eigenvalue weighted by atomic mass is 10.1. The minimum atomic E-state index is -0.0676. The molecule has 0 fully saturated rings. The summed E-state index contributed by atoms with van der Waals surface area (Å²) in [5.74, 6) is -0.0676. The van der Waals surface area contributed by atoms with Gasteiger partial charge in [-0.3, -0.25) is 9.48 Å². The highest BCUT2D eigenvalue weighted by Gasteiger charge is 2.03. The summed E-state index contributed by atoms with van der Waals surface area (Å²) in [5, 5.41) is 6.84. The molecule has 4 heteroatoms. The zero-order valence-electron chi connectivity index (χ0n) is 9.76. The molecule has 0 saturated heterocycles. The molecule has 17 heavy (non-hydrogen) atoms. The van der Waals surface area contributed by atoms with Gasteiger partial charge in [-0.2, -0.15) is 5.10 Å². The predicted octanol–water partition coefficient (Wildman–Crippen LogP) is 2.08. The molecule has 0 unspecified atom stereocenters. The summed E-state index contributed by atoms with van der Waals surface area (Å²) in [6, 6.07) is 9.66. The maximum absolute atomic E-state index is 11.7. The first-order valence-corrected chi connectivity index (χ1v) is 5.64. The molecular weight excluding hydrogens is 214 g/mol. The largest absolute Gasteiger partial charge is 0.324 e. The fraction of sp³-hybridized carbons (Fsp3) is 0.231. The van der Waals surface area contributed by atoms with Crippen LogP contribution in [0, 0.1) is 0 Å². The van der Waals surface area contributed by atoms with Crippen molar-refractivity contribution < 1.29 is 4.79 Å². The number of anilines is 1. The van der Waals surface area contributed by atoms with Gasteiger partial charge in [-0.05, 0) is 30.2 Å². The smallest absolute Gasteiger partial charge is 0.246 e. The summed E-state index contributed by atoms with van der Waals surface area (Å²) in [6.45, 7) is 2.33. The first-order chi connectivity index (χ1) is 8.28. The second-order valence-corrected chi connectivity index (χ2v) is 3.81. The lowest BCUT2D eigenvalue weighted by molar-refractivity contribution is -0.116. The van der Waals surface area contributed by atoms with Crippen molar-refractivity contribution in [1.29, 1.82) is 0 Å². The highest BCUT2D eigenvalue weighted by atomic mass is 16.2. The quantitative estimate of drug-likeness (QED) is 0.872. The Morgan fingerprint density at radius 3 is 3.00 bits per heavy atom. The van der Waals surface area contributed by atoms with E-state index in [1.165, 1.54) is 5.56 Å². The first-order valence-electron chi connectivity index (χ1n) is 5.64. The highest BCUT2D eigenvalue weighted by Crippen LogP contribution is 2.10. The van der Waals surface area contributed by atoms with Gasteiger partial charge in [-0.25, -0.2) is 0 Å². The molecule has 0 aliphatic rings. The van der Waals surface area contributed by atoms with Crippen LogP contribution in [0.3, 0.4) is 0 Å². The van der Waals surface area contributed by atoms with Crippen LogP contribution in [-0.2, 0) is 17.8 Å². The van der Waals surface area contributed by atoms with E-state index in [1.807, 2.05) is 24.3 Å². The lowest BCUT2D eigenvalue weighted by Crippen LogP contribution is -2.18. The molecule has 1 aromatic carbocycles. The van der Waals surface area contributed by atoms with Crippen molar-refractivity contribution >= 4 is 11.6 Å². The van der Waals surface area contributed by atoms with Gasteiger partial charge >= 0.3 is 0 Å². The molecule has 0 aliphatic heterocycles. The molecule has 0 aliphatic carbocycles. The van der Waals surface area contributed by atoms with Gasteiger partial charge in [0, 0.05) is 18.1 Å². The molecule has 1 heterocycles. The average Bonchev–Trinajstić information content (AvgIpc) is 2.82. The minimum absolute atomic E-state index is 0.0676. The van der Waals surface area contributed by atoms with Crippen molar-refractivity contribution in [3.05, 3.63) is 48.3 Å². The van der Waals surface area contributed by atoms with Gasteiger partial charge in [0.15, 0.2) is 0 Å². The Kier molecular flexibility index (Phi) is 3.55. The molecule has 0 saturated carbocycles. The zero-order valence-corrected chi connectivity index (χ0v) is 9.76. The Morgan fingerprint density at radius 2 is 2.29 bits per heavy atom. The summed E-state index contributed by atoms with van der Waals surface area (Å²) in [4.78, 5) is 11.7. The van der Waals surface area contributed by atoms with Gasteiger partial charge in [-0.1, -0.05) is 19.1 Å². The fourth-order valence-corrected chi connectivity index (χ4v) is 1.61. The predicted molar refractivity (Wildman–Crippen MR) is 66.7 cm³/mol. The molecule has 0 atom stereocenters. The summed E-state index contributed by atoms with van der Waals surface area (Å²) in [6.07, 6.45) is 4.38. The van der Waals surface area contributed by atoms with E-state index in [2.05, 4.69) is 17.3 Å². The van der Waals surface area contributed by atoms with E-state index in [1.54, 1.807) is 23.1 Å². The molecule has 4 nitrogen and oxygen atoms in total. The topological polar surface area (TPSA) is 46.9 Å². The molecule has 0 spiro atoms. The summed E-state index contributed by atoms with van der Waals surface area (Å²) < 4.78 is 1.60. The van der Waals surface area contributed by atoms with Crippen LogP contribution in [0.15, 0.2) is 42.7 Å². The Morgan fingerprint density at radius 1 is 1.41 bits per heavy atom. The zero-order chi connectivity index (χ0) is 12.1. The first kappa shape index (κ1) is 11.4. The van der Waals surface area contributed by atoms with E-state index >= 15 is 0 Å². The summed E-state index contributed by atoms with van der Waals surface area (Å²) in [5.41, 5.74) is 2.04. The molecule has 0 bridgehead atoms. The van der Waals surface area contributed by atoms with Crippen molar-refractivity contribution in [2.45, 2.75) is 19.9 Å². The van der Waals surface area contributed by atoms with E-state index in [4.69, 9.17) is 0 Å². The van der Waals surface area contributed by atoms with Gasteiger partial charge in [0.2, 0.25) is 5.91 Å². The van der Waals surface area contributed by atoms with Gasteiger partial charge in [-0.15, -0.1) is 0 Å². The number of rotatable bonds is 4. The number of hydrogen-bond acceptors (Lipinski definition) is 2. The molecule has 1 amide bonds. The Hall–Kier alpha value is -2.10. The molecule has 1 aromatic heterocycles. The lowest BCUT2D eigenvalue weighted by Gasteiger charge is -2.06. The number of aromatic nitrogens is 2. The molecule has 2 aromatic rings. The molecule has 2 rings (SSSR count). The van der Waals surface area contributed by atoms with Gasteiger partial charge in [0.05, 0.1) is 0 Å². The van der Waals surface area contributed by atoms with Crippen LogP contribution in [0.2, 0.25) is 0 Å². The summed E-state index contributed by atoms with van der Waals surface area (Å²) >= 11 is 0. The summed E-state index contributed by atoms with van der Waals surface area (Å²) in [7, 11) is 0. The standard InChI is InChI=1S/C13H15N3O/c1-2-11-5-3-6-12(9-11)15-13(17)10-16-8-4-7-14-16/h3-9H,2,10H2,1H3,(H,15,17). The van der Waals surface area contributed by atoms with Crippen molar-refractivity contribution in [2.75, 3.05) is 5.32 Å². The molecule has 88 valence electrons. The number of carbonyl (C=O) groups excluding carboxylic acids is 1. The number of carbonyl (C=O) groups is 1. The van der Waals surface area contributed by atoms with Crippen LogP contribution in [-0.4, -0.2) is 15.7 Å². The van der Waals surface area contributed by atoms with Crippen LogP contribution in [0.4, 0.5) is 5.69 Å². The monoisotopic (exact) mass is 229 g/mol. The Balaban J connectivity index is 1.98. The van der Waals surface area contributed by atoms with Crippen LogP contribution in [0.5, 0.6) is 0 Å². The van der Waals surface area contributed by atoms with E-state index in [0.717, 1.165) is 12.1 Å². The maximum atomic E-state index is 11.7. The van der Waals surface area contributed by atoms with Crippen molar-refractivity contribution in [2.24, 2.45) is 0 Å². The number of aryl methyl sites for hydroxylation is 1. The number of nitrogens with one attached hydrogen (secondary N) is 1. The Bertz CT molecular complexity index is 491. The van der Waals surface area contributed by atoms with E-state index < -0.39 is 0 Å². The third-order valence-electron chi connectivity index (χ3n) is 2.48. The number of benzene rings is 1. The van der Waals surface area contributed by atoms with E-state index in [-0.39, 0.29) is 12.5 Å². The fourth-order valence-electron chi connectivity index (χ4n) is 1.61. The van der Waals surface area contributed by atoms with Crippen LogP contribution >= 0.6 is 0 Å². The SMILES string of the molecule is CCc1cccc(NC(=O)Cn2cccn2)c1. The normalized spacial score (nSPS) is 10.2. The number of nitrogens with zero attached hydrogens (tertiary/aromatic N) is 2. The van der Waals surface area contributed by atoms with E-state index in [9.17, 15) is 4.79 Å². The molecule has 1 N–H and O–H groups in total. The third kappa shape index (κ3) is 3.17. The highest BCUT2D eigenvalue weighted by molar-refractivity contribution is 5.90. The van der Waals surface area contributed by atoms with Crippen molar-refractivity contribution in [3.8, 4) is 0 Å². The van der Waals surface area contributed by atoms with Crippen LogP contribution < -0.4 is 5.32 Å². The van der Waals surface area contributed by atoms with Crippen molar-refractivity contribution in [3.63, 3.8) is 0 Å². The van der Waals surface area contributed by atoms with Gasteiger partial charge in [0.1, 0.15) is 6.54 Å². The van der Waals surface area contributed by atoms with E-state index in [0.29, 0.717) is 0 Å². The van der Waals surface area contributed by atoms with Gasteiger partial charge in [0.25, 0.3) is 0 Å². The molecular formula is C13H15N3O.